The van der Waals surface area contributed by atoms with Crippen molar-refractivity contribution >= 4 is 34.0 Å². The van der Waals surface area contributed by atoms with Gasteiger partial charge in [0.1, 0.15) is 5.75 Å². The molecule has 0 unspecified atom stereocenters. The molecule has 2 aromatic rings. The van der Waals surface area contributed by atoms with Crippen molar-refractivity contribution in [2.45, 2.75) is 6.92 Å². The third-order valence-corrected chi connectivity index (χ3v) is 3.23. The molecule has 0 atom stereocenters. The molecule has 0 radical (unpaired) electrons. The Labute approximate surface area is 123 Å². The lowest BCUT2D eigenvalue weighted by molar-refractivity contribution is -0.384. The number of phenols is 1. The number of nitrogens with zero attached hydrogens (tertiary/aromatic N) is 3. The van der Waals surface area contributed by atoms with Crippen LogP contribution in [0.4, 0.5) is 10.8 Å². The van der Waals surface area contributed by atoms with E-state index in [1.54, 1.807) is 6.92 Å². The lowest BCUT2D eigenvalue weighted by Gasteiger charge is -2.06. The Morgan fingerprint density at radius 3 is 2.90 bits per heavy atom. The van der Waals surface area contributed by atoms with Crippen molar-refractivity contribution in [2.24, 2.45) is 0 Å². The molecule has 0 aliphatic heterocycles. The van der Waals surface area contributed by atoms with Crippen LogP contribution < -0.4 is 5.73 Å². The number of hydrogen-bond donors (Lipinski definition) is 2. The average Bonchev–Trinajstić information content (AvgIpc) is 2.87. The Morgan fingerprint density at radius 1 is 1.57 bits per heavy atom. The van der Waals surface area contributed by atoms with Gasteiger partial charge in [-0.15, -0.1) is 10.2 Å². The van der Waals surface area contributed by atoms with Gasteiger partial charge in [0.15, 0.2) is 10.8 Å². The van der Waals surface area contributed by atoms with Gasteiger partial charge in [0, 0.05) is 17.7 Å². The normalized spacial score (nSPS) is 11.4. The predicted molar refractivity (Wildman–Crippen MR) is 78.6 cm³/mol. The smallest absolute Gasteiger partial charge is 0.270 e. The summed E-state index contributed by atoms with van der Waals surface area (Å²) in [6.07, 6.45) is 1.46. The van der Waals surface area contributed by atoms with Crippen LogP contribution in [0.5, 0.6) is 5.75 Å². The quantitative estimate of drug-likeness (QED) is 0.493. The molecule has 0 amide bonds. The number of nitro groups is 1. The molecule has 0 saturated carbocycles. The fraction of sp³-hybridized carbons (Fsp3) is 0.167. The summed E-state index contributed by atoms with van der Waals surface area (Å²) in [5.41, 5.74) is 5.64. The first-order valence-corrected chi connectivity index (χ1v) is 6.74. The molecule has 0 bridgehead atoms. The highest BCUT2D eigenvalue weighted by atomic mass is 32.1. The lowest BCUT2D eigenvalue weighted by atomic mass is 10.1. The minimum absolute atomic E-state index is 0.102. The minimum atomic E-state index is -0.542. The van der Waals surface area contributed by atoms with Gasteiger partial charge in [0.2, 0.25) is 5.13 Å². The van der Waals surface area contributed by atoms with Crippen LogP contribution in [0.15, 0.2) is 18.2 Å². The first kappa shape index (κ1) is 14.7. The molecule has 2 rings (SSSR count). The van der Waals surface area contributed by atoms with Crippen molar-refractivity contribution in [1.82, 2.24) is 10.2 Å². The van der Waals surface area contributed by atoms with Gasteiger partial charge in [-0.1, -0.05) is 11.3 Å². The van der Waals surface area contributed by atoms with E-state index in [0.717, 1.165) is 11.3 Å². The summed E-state index contributed by atoms with van der Waals surface area (Å²) in [5.74, 6) is 0.234. The topological polar surface area (TPSA) is 124 Å². The molecular weight excluding hydrogens is 296 g/mol. The molecule has 0 saturated heterocycles. The van der Waals surface area contributed by atoms with Crippen LogP contribution in [0, 0.1) is 10.1 Å². The van der Waals surface area contributed by atoms with E-state index in [1.807, 2.05) is 0 Å². The van der Waals surface area contributed by atoms with Gasteiger partial charge < -0.3 is 15.6 Å². The SMILES string of the molecule is CCO/C(=C\c1cc([N+](=O)[O-])ccc1O)c1nnc(N)s1. The third-order valence-electron chi connectivity index (χ3n) is 2.46. The van der Waals surface area contributed by atoms with E-state index in [4.69, 9.17) is 10.5 Å². The van der Waals surface area contributed by atoms with Gasteiger partial charge in [-0.05, 0) is 19.1 Å². The molecule has 1 aromatic carbocycles. The Hall–Kier alpha value is -2.68. The largest absolute Gasteiger partial charge is 0.507 e. The number of nitrogens with two attached hydrogens (primary N) is 1. The molecule has 3 N–H and O–H groups in total. The van der Waals surface area contributed by atoms with Gasteiger partial charge >= 0.3 is 0 Å². The molecule has 21 heavy (non-hydrogen) atoms. The first-order valence-electron chi connectivity index (χ1n) is 5.92. The molecule has 0 aliphatic carbocycles. The zero-order valence-corrected chi connectivity index (χ0v) is 11.8. The second-order valence-corrected chi connectivity index (χ2v) is 4.90. The number of non-ortho nitro benzene ring substituents is 1. The van der Waals surface area contributed by atoms with E-state index in [-0.39, 0.29) is 22.1 Å². The zero-order valence-electron chi connectivity index (χ0n) is 11.0. The maximum Gasteiger partial charge on any atom is 0.270 e. The number of nitro benzene ring substituents is 1. The highest BCUT2D eigenvalue weighted by Gasteiger charge is 2.13. The molecule has 9 heteroatoms. The summed E-state index contributed by atoms with van der Waals surface area (Å²) in [4.78, 5) is 10.2. The fourth-order valence-corrected chi connectivity index (χ4v) is 2.15. The van der Waals surface area contributed by atoms with Gasteiger partial charge in [-0.25, -0.2) is 0 Å². The van der Waals surface area contributed by atoms with Crippen molar-refractivity contribution in [2.75, 3.05) is 12.3 Å². The van der Waals surface area contributed by atoms with Crippen LogP contribution in [0.1, 0.15) is 17.5 Å². The molecule has 0 spiro atoms. The number of aromatic nitrogens is 2. The van der Waals surface area contributed by atoms with Crippen LogP contribution in [0.3, 0.4) is 0 Å². The molecule has 1 aromatic heterocycles. The van der Waals surface area contributed by atoms with Crippen molar-refractivity contribution in [3.05, 3.63) is 38.9 Å². The van der Waals surface area contributed by atoms with E-state index < -0.39 is 4.92 Å². The monoisotopic (exact) mass is 308 g/mol. The standard InChI is InChI=1S/C12H12N4O4S/c1-2-20-10(11-14-15-12(13)21-11)6-7-5-8(16(18)19)3-4-9(7)17/h3-6,17H,2H2,1H3,(H2,13,15)/b10-6-. The summed E-state index contributed by atoms with van der Waals surface area (Å²) in [7, 11) is 0. The van der Waals surface area contributed by atoms with Crippen molar-refractivity contribution in [3.63, 3.8) is 0 Å². The number of hydrogen-bond acceptors (Lipinski definition) is 8. The highest BCUT2D eigenvalue weighted by molar-refractivity contribution is 7.16. The maximum atomic E-state index is 10.8. The second-order valence-electron chi connectivity index (χ2n) is 3.89. The first-order chi connectivity index (χ1) is 10.0. The van der Waals surface area contributed by atoms with Gasteiger partial charge in [0.25, 0.3) is 5.69 Å². The van der Waals surface area contributed by atoms with Crippen LogP contribution in [0.25, 0.3) is 11.8 Å². The van der Waals surface area contributed by atoms with Gasteiger partial charge in [0.05, 0.1) is 11.5 Å². The summed E-state index contributed by atoms with van der Waals surface area (Å²) in [6.45, 7) is 2.15. The van der Waals surface area contributed by atoms with Gasteiger partial charge in [-0.2, -0.15) is 0 Å². The molecule has 0 aliphatic rings. The molecule has 110 valence electrons. The number of aromatic hydroxyl groups is 1. The summed E-state index contributed by atoms with van der Waals surface area (Å²) < 4.78 is 5.43. The number of nitrogen functional groups attached to an aromatic ring is 1. The van der Waals surface area contributed by atoms with Crippen LogP contribution in [0.2, 0.25) is 0 Å². The number of rotatable bonds is 5. The maximum absolute atomic E-state index is 10.8. The van der Waals surface area contributed by atoms with Crippen molar-refractivity contribution in [3.8, 4) is 5.75 Å². The number of benzene rings is 1. The van der Waals surface area contributed by atoms with Crippen molar-refractivity contribution < 1.29 is 14.8 Å². The van der Waals surface area contributed by atoms with Crippen LogP contribution in [-0.4, -0.2) is 26.8 Å². The predicted octanol–water partition coefficient (Wildman–Crippen LogP) is 2.27. The molecular formula is C12H12N4O4S. The van der Waals surface area contributed by atoms with Gasteiger partial charge in [-0.3, -0.25) is 10.1 Å². The molecule has 1 heterocycles. The Balaban J connectivity index is 2.47. The summed E-state index contributed by atoms with van der Waals surface area (Å²) in [5, 5.41) is 28.8. The minimum Gasteiger partial charge on any atom is -0.507 e. The van der Waals surface area contributed by atoms with E-state index >= 15 is 0 Å². The summed E-state index contributed by atoms with van der Waals surface area (Å²) in [6, 6.07) is 3.72. The van der Waals surface area contributed by atoms with Crippen molar-refractivity contribution in [1.29, 1.82) is 0 Å². The number of ether oxygens (including phenoxy) is 1. The van der Waals surface area contributed by atoms with E-state index in [1.165, 1.54) is 24.3 Å². The third kappa shape index (κ3) is 3.45. The lowest BCUT2D eigenvalue weighted by Crippen LogP contribution is -1.93. The van der Waals surface area contributed by atoms with E-state index in [9.17, 15) is 15.2 Å². The fourth-order valence-electron chi connectivity index (χ4n) is 1.57. The average molecular weight is 308 g/mol. The Morgan fingerprint density at radius 2 is 2.33 bits per heavy atom. The second kappa shape index (κ2) is 6.18. The summed E-state index contributed by atoms with van der Waals surface area (Å²) >= 11 is 1.12. The Kier molecular flexibility index (Phi) is 4.33. The molecule has 8 nitrogen and oxygen atoms in total. The zero-order chi connectivity index (χ0) is 15.4. The number of anilines is 1. The highest BCUT2D eigenvalue weighted by Crippen LogP contribution is 2.29. The number of phenolic OH excluding ortho intramolecular Hbond substituents is 1. The van der Waals surface area contributed by atoms with Crippen LogP contribution in [-0.2, 0) is 4.74 Å². The van der Waals surface area contributed by atoms with E-state index in [0.29, 0.717) is 17.4 Å². The Bertz CT molecular complexity index is 698. The van der Waals surface area contributed by atoms with E-state index in [2.05, 4.69) is 10.2 Å². The molecule has 0 fully saturated rings. The van der Waals surface area contributed by atoms with Crippen LogP contribution >= 0.6 is 11.3 Å².